The number of hydrogen-bond donors (Lipinski definition) is 1. The van der Waals surface area contributed by atoms with E-state index in [9.17, 15) is 19.1 Å². The van der Waals surface area contributed by atoms with Crippen LogP contribution in [0.3, 0.4) is 0 Å². The highest BCUT2D eigenvalue weighted by atomic mass is 127. The summed E-state index contributed by atoms with van der Waals surface area (Å²) in [6.45, 7) is 0.396. The Morgan fingerprint density at radius 1 is 1.13 bits per heavy atom. The van der Waals surface area contributed by atoms with E-state index >= 15 is 0 Å². The van der Waals surface area contributed by atoms with Gasteiger partial charge < -0.3 is 9.84 Å². The molecule has 31 heavy (non-hydrogen) atoms. The van der Waals surface area contributed by atoms with Crippen molar-refractivity contribution in [3.8, 4) is 11.3 Å². The Bertz CT molecular complexity index is 1320. The highest BCUT2D eigenvalue weighted by Crippen LogP contribution is 2.29. The van der Waals surface area contributed by atoms with Crippen LogP contribution < -0.4 is 0 Å². The lowest BCUT2D eigenvalue weighted by Gasteiger charge is -2.09. The summed E-state index contributed by atoms with van der Waals surface area (Å²) < 4.78 is 20.8. The number of aromatic carboxylic acids is 1. The first-order chi connectivity index (χ1) is 14.9. The number of fused-ring (bicyclic) bond motifs is 1. The number of ether oxygens (including phenoxy) is 1. The molecular formula is C22H15FIN3O4. The van der Waals surface area contributed by atoms with Crippen molar-refractivity contribution in [3.05, 3.63) is 80.8 Å². The van der Waals surface area contributed by atoms with E-state index in [0.717, 1.165) is 18.7 Å². The highest BCUT2D eigenvalue weighted by molar-refractivity contribution is 14.1. The number of benzene rings is 2. The summed E-state index contributed by atoms with van der Waals surface area (Å²) in [6, 6.07) is 14.8. The Labute approximate surface area is 189 Å². The third kappa shape index (κ3) is 4.00. The second-order valence-electron chi connectivity index (χ2n) is 6.68. The van der Waals surface area contributed by atoms with Crippen molar-refractivity contribution in [2.45, 2.75) is 6.54 Å². The maximum atomic E-state index is 14.1. The molecule has 7 nitrogen and oxygen atoms in total. The van der Waals surface area contributed by atoms with Crippen molar-refractivity contribution in [1.82, 2.24) is 14.8 Å². The summed E-state index contributed by atoms with van der Waals surface area (Å²) in [5.41, 5.74) is 1.78. The molecule has 156 valence electrons. The van der Waals surface area contributed by atoms with Crippen molar-refractivity contribution in [1.29, 1.82) is 0 Å². The largest absolute Gasteiger partial charge is 0.478 e. The van der Waals surface area contributed by atoms with E-state index < -0.39 is 17.8 Å². The number of carbonyl (C=O) groups excluding carboxylic acids is 1. The van der Waals surface area contributed by atoms with Crippen molar-refractivity contribution >= 4 is 45.6 Å². The fourth-order valence-electron chi connectivity index (χ4n) is 3.26. The molecule has 2 aromatic heterocycles. The standard InChI is InChI=1S/C22H15FIN3O4/c1-31-22(30)14-9-13(7-8-16(14)23)17-10-15(21(28)29)18-19(24)26-27(20(18)25-17)11-12-5-3-2-4-6-12/h2-10H,11H2,1H3,(H,28,29). The number of carboxylic acids is 1. The fraction of sp³-hybridized carbons (Fsp3) is 0.0909. The third-order valence-corrected chi connectivity index (χ3v) is 5.49. The number of aromatic nitrogens is 3. The van der Waals surface area contributed by atoms with Crippen LogP contribution in [0.4, 0.5) is 4.39 Å². The zero-order valence-corrected chi connectivity index (χ0v) is 18.3. The normalized spacial score (nSPS) is 10.9. The monoisotopic (exact) mass is 531 g/mol. The Balaban J connectivity index is 1.92. The molecule has 4 rings (SSSR count). The zero-order valence-electron chi connectivity index (χ0n) is 16.2. The van der Waals surface area contributed by atoms with Gasteiger partial charge in [-0.2, -0.15) is 5.10 Å². The van der Waals surface area contributed by atoms with Crippen LogP contribution >= 0.6 is 22.6 Å². The van der Waals surface area contributed by atoms with Gasteiger partial charge in [-0.25, -0.2) is 23.6 Å². The van der Waals surface area contributed by atoms with E-state index in [1.54, 1.807) is 4.68 Å². The second kappa shape index (κ2) is 8.42. The number of esters is 1. The van der Waals surface area contributed by atoms with Gasteiger partial charge in [0.25, 0.3) is 0 Å². The van der Waals surface area contributed by atoms with Crippen LogP contribution in [0.25, 0.3) is 22.3 Å². The summed E-state index contributed by atoms with van der Waals surface area (Å²) in [5, 5.41) is 14.7. The molecule has 2 heterocycles. The van der Waals surface area contributed by atoms with E-state index in [1.807, 2.05) is 52.9 Å². The topological polar surface area (TPSA) is 94.3 Å². The number of methoxy groups -OCH3 is 1. The maximum Gasteiger partial charge on any atom is 0.340 e. The molecule has 0 amide bonds. The molecule has 4 aromatic rings. The zero-order chi connectivity index (χ0) is 22.1. The SMILES string of the molecule is COC(=O)c1cc(-c2cc(C(=O)O)c3c(I)nn(Cc4ccccc4)c3n2)ccc1F. The van der Waals surface area contributed by atoms with Gasteiger partial charge in [-0.3, -0.25) is 0 Å². The van der Waals surface area contributed by atoms with E-state index in [4.69, 9.17) is 0 Å². The molecule has 0 unspecified atom stereocenters. The lowest BCUT2D eigenvalue weighted by Crippen LogP contribution is -2.06. The summed E-state index contributed by atoms with van der Waals surface area (Å²) >= 11 is 1.98. The maximum absolute atomic E-state index is 14.1. The first-order valence-corrected chi connectivity index (χ1v) is 10.2. The van der Waals surface area contributed by atoms with Crippen molar-refractivity contribution in [3.63, 3.8) is 0 Å². The molecule has 0 aliphatic carbocycles. The van der Waals surface area contributed by atoms with Gasteiger partial charge in [0.1, 0.15) is 9.52 Å². The van der Waals surface area contributed by atoms with Crippen LogP contribution in [0.5, 0.6) is 0 Å². The van der Waals surface area contributed by atoms with Gasteiger partial charge in [-0.05, 0) is 52.4 Å². The molecule has 1 N–H and O–H groups in total. The molecule has 9 heteroatoms. The van der Waals surface area contributed by atoms with E-state index in [0.29, 0.717) is 26.8 Å². The van der Waals surface area contributed by atoms with E-state index in [2.05, 4.69) is 14.8 Å². The molecule has 0 saturated heterocycles. The van der Waals surface area contributed by atoms with Crippen LogP contribution in [0.1, 0.15) is 26.3 Å². The predicted molar refractivity (Wildman–Crippen MR) is 119 cm³/mol. The minimum atomic E-state index is -1.14. The van der Waals surface area contributed by atoms with Crippen LogP contribution in [-0.4, -0.2) is 38.9 Å². The van der Waals surface area contributed by atoms with Crippen LogP contribution in [-0.2, 0) is 11.3 Å². The fourth-order valence-corrected chi connectivity index (χ4v) is 4.05. The lowest BCUT2D eigenvalue weighted by molar-refractivity contribution is 0.0594. The van der Waals surface area contributed by atoms with Gasteiger partial charge in [-0.15, -0.1) is 0 Å². The van der Waals surface area contributed by atoms with Gasteiger partial charge in [0, 0.05) is 5.56 Å². The van der Waals surface area contributed by atoms with Crippen LogP contribution in [0.2, 0.25) is 0 Å². The van der Waals surface area contributed by atoms with Crippen LogP contribution in [0.15, 0.2) is 54.6 Å². The molecule has 0 spiro atoms. The second-order valence-corrected chi connectivity index (χ2v) is 7.70. The summed E-state index contributed by atoms with van der Waals surface area (Å²) in [4.78, 5) is 28.5. The number of nitrogens with zero attached hydrogens (tertiary/aromatic N) is 3. The molecule has 0 fully saturated rings. The van der Waals surface area contributed by atoms with Gasteiger partial charge in [0.15, 0.2) is 5.65 Å². The van der Waals surface area contributed by atoms with Gasteiger partial charge >= 0.3 is 11.9 Å². The summed E-state index contributed by atoms with van der Waals surface area (Å²) in [5.74, 6) is -2.71. The average molecular weight is 531 g/mol. The Morgan fingerprint density at radius 3 is 2.55 bits per heavy atom. The number of hydrogen-bond acceptors (Lipinski definition) is 5. The molecule has 0 saturated carbocycles. The van der Waals surface area contributed by atoms with E-state index in [-0.39, 0.29) is 16.8 Å². The minimum Gasteiger partial charge on any atom is -0.478 e. The first kappa shape index (κ1) is 20.9. The molecule has 0 aliphatic rings. The van der Waals surface area contributed by atoms with Crippen molar-refractivity contribution in [2.75, 3.05) is 7.11 Å². The summed E-state index contributed by atoms with van der Waals surface area (Å²) in [7, 11) is 1.16. The molecular weight excluding hydrogens is 516 g/mol. The molecule has 0 aliphatic heterocycles. The smallest absolute Gasteiger partial charge is 0.340 e. The van der Waals surface area contributed by atoms with Gasteiger partial charge in [-0.1, -0.05) is 30.3 Å². The minimum absolute atomic E-state index is 0.0210. The predicted octanol–water partition coefficient (Wildman–Crippen LogP) is 4.38. The van der Waals surface area contributed by atoms with Gasteiger partial charge in [0.2, 0.25) is 0 Å². The molecule has 0 radical (unpaired) electrons. The first-order valence-electron chi connectivity index (χ1n) is 9.11. The third-order valence-electron chi connectivity index (χ3n) is 4.73. The number of carbonyl (C=O) groups is 2. The van der Waals surface area contributed by atoms with Crippen molar-refractivity contribution < 1.29 is 23.8 Å². The Morgan fingerprint density at radius 2 is 1.87 bits per heavy atom. The Kier molecular flexibility index (Phi) is 5.68. The van der Waals surface area contributed by atoms with Crippen molar-refractivity contribution in [2.24, 2.45) is 0 Å². The summed E-state index contributed by atoms with van der Waals surface area (Å²) in [6.07, 6.45) is 0. The quantitative estimate of drug-likeness (QED) is 0.304. The number of halogens is 2. The number of carboxylic acid groups (broad SMARTS) is 1. The van der Waals surface area contributed by atoms with Gasteiger partial charge in [0.05, 0.1) is 35.9 Å². The molecule has 0 bridgehead atoms. The van der Waals surface area contributed by atoms with Crippen LogP contribution in [0, 0.1) is 9.52 Å². The number of rotatable bonds is 5. The molecule has 2 aromatic carbocycles. The number of pyridine rings is 1. The van der Waals surface area contributed by atoms with E-state index in [1.165, 1.54) is 18.2 Å². The lowest BCUT2D eigenvalue weighted by atomic mass is 10.0. The Hall–Kier alpha value is -3.34. The average Bonchev–Trinajstić information content (AvgIpc) is 3.08. The highest BCUT2D eigenvalue weighted by Gasteiger charge is 2.22. The molecule has 0 atom stereocenters.